The molecule has 5 nitrogen and oxygen atoms in total. The first-order valence-electron chi connectivity index (χ1n) is 9.23. The number of rotatable bonds is 4. The van der Waals surface area contributed by atoms with Crippen molar-refractivity contribution < 1.29 is 14.4 Å². The number of allylic oxidation sites excluding steroid dienone is 2. The van der Waals surface area contributed by atoms with Crippen molar-refractivity contribution in [2.75, 3.05) is 5.32 Å². The third kappa shape index (κ3) is 2.97. The van der Waals surface area contributed by atoms with Crippen LogP contribution in [0.1, 0.15) is 26.2 Å². The molecule has 0 aromatic heterocycles. The number of nitrogens with one attached hydrogen (secondary N) is 1. The summed E-state index contributed by atoms with van der Waals surface area (Å²) in [6.07, 6.45) is 6.34. The van der Waals surface area contributed by atoms with Crippen molar-refractivity contribution in [1.29, 1.82) is 0 Å². The van der Waals surface area contributed by atoms with Gasteiger partial charge in [0.1, 0.15) is 6.04 Å². The minimum absolute atomic E-state index is 0.104. The van der Waals surface area contributed by atoms with Gasteiger partial charge in [-0.25, -0.2) is 0 Å². The van der Waals surface area contributed by atoms with E-state index < -0.39 is 11.9 Å². The molecule has 1 N–H and O–H groups in total. The van der Waals surface area contributed by atoms with E-state index >= 15 is 0 Å². The van der Waals surface area contributed by atoms with E-state index in [2.05, 4.69) is 17.5 Å². The number of imide groups is 1. The van der Waals surface area contributed by atoms with Crippen molar-refractivity contribution in [3.8, 4) is 0 Å². The highest BCUT2D eigenvalue weighted by molar-refractivity contribution is 6.36. The van der Waals surface area contributed by atoms with Crippen molar-refractivity contribution >= 4 is 46.6 Å². The monoisotopic (exact) mass is 406 g/mol. The lowest BCUT2D eigenvalue weighted by molar-refractivity contribution is -0.146. The summed E-state index contributed by atoms with van der Waals surface area (Å²) in [4.78, 5) is 40.2. The van der Waals surface area contributed by atoms with Crippen LogP contribution < -0.4 is 5.32 Å². The zero-order chi connectivity index (χ0) is 19.3. The molecular formula is C20H20Cl2N2O3. The maximum absolute atomic E-state index is 13.1. The molecule has 27 heavy (non-hydrogen) atoms. The predicted octanol–water partition coefficient (Wildman–Crippen LogP) is 3.91. The summed E-state index contributed by atoms with van der Waals surface area (Å²) in [7, 11) is 0. The minimum Gasteiger partial charge on any atom is -0.323 e. The van der Waals surface area contributed by atoms with Gasteiger partial charge >= 0.3 is 0 Å². The number of halogens is 2. The Morgan fingerprint density at radius 1 is 1.15 bits per heavy atom. The molecule has 1 aromatic rings. The molecule has 3 amide bonds. The Labute approximate surface area is 167 Å². The lowest BCUT2D eigenvalue weighted by Crippen LogP contribution is -2.47. The van der Waals surface area contributed by atoms with Crippen LogP contribution in [0.5, 0.6) is 0 Å². The number of nitrogens with zero attached hydrogens (tertiary/aromatic N) is 1. The molecule has 1 heterocycles. The van der Waals surface area contributed by atoms with Crippen LogP contribution in [0.4, 0.5) is 5.69 Å². The largest absolute Gasteiger partial charge is 0.323 e. The number of carbonyl (C=O) groups excluding carboxylic acids is 3. The summed E-state index contributed by atoms with van der Waals surface area (Å²) in [5.74, 6) is -1.27. The summed E-state index contributed by atoms with van der Waals surface area (Å²) in [5.41, 5.74) is 0.405. The van der Waals surface area contributed by atoms with Gasteiger partial charge in [0, 0.05) is 5.02 Å². The molecule has 142 valence electrons. The fraction of sp³-hybridized carbons (Fsp3) is 0.450. The molecule has 0 unspecified atom stereocenters. The molecule has 1 saturated carbocycles. The van der Waals surface area contributed by atoms with Gasteiger partial charge in [0.25, 0.3) is 0 Å². The maximum atomic E-state index is 13.1. The smallest absolute Gasteiger partial charge is 0.247 e. The van der Waals surface area contributed by atoms with Gasteiger partial charge in [-0.1, -0.05) is 42.3 Å². The Morgan fingerprint density at radius 3 is 2.22 bits per heavy atom. The third-order valence-corrected chi connectivity index (χ3v) is 6.53. The van der Waals surface area contributed by atoms with Crippen molar-refractivity contribution in [3.05, 3.63) is 40.4 Å². The Bertz CT molecular complexity index is 822. The fourth-order valence-electron chi connectivity index (χ4n) is 4.70. The number of hydrogen-bond acceptors (Lipinski definition) is 3. The fourth-order valence-corrected chi connectivity index (χ4v) is 5.15. The summed E-state index contributed by atoms with van der Waals surface area (Å²) in [6, 6.07) is 3.91. The van der Waals surface area contributed by atoms with Crippen LogP contribution in [-0.2, 0) is 14.4 Å². The SMILES string of the molecule is CC[C@@H](C(=O)Nc1ccc(Cl)cc1Cl)N1C(=O)[C@@H]2[C@H](C1=O)[C@H]1C=C[C@H]2CC1. The van der Waals surface area contributed by atoms with E-state index in [4.69, 9.17) is 23.2 Å². The van der Waals surface area contributed by atoms with E-state index in [9.17, 15) is 14.4 Å². The number of anilines is 1. The molecule has 2 bridgehead atoms. The van der Waals surface area contributed by atoms with Gasteiger partial charge in [-0.2, -0.15) is 0 Å². The summed E-state index contributed by atoms with van der Waals surface area (Å²) < 4.78 is 0. The first kappa shape index (κ1) is 18.5. The standard InChI is InChI=1S/C20H20Cl2N2O3/c1-2-15(18(25)23-14-8-7-12(21)9-13(14)22)24-19(26)16-10-3-4-11(6-5-10)17(16)20(24)27/h3-4,7-11,15-17H,2,5-6H2,1H3,(H,23,25)/t10-,11-,15-,16-,17+/m0/s1. The molecule has 2 fully saturated rings. The molecule has 3 aliphatic carbocycles. The quantitative estimate of drug-likeness (QED) is 0.608. The van der Waals surface area contributed by atoms with Crippen molar-refractivity contribution in [2.24, 2.45) is 23.7 Å². The molecule has 4 aliphatic rings. The molecule has 1 aliphatic heterocycles. The van der Waals surface area contributed by atoms with Crippen LogP contribution in [0.15, 0.2) is 30.4 Å². The van der Waals surface area contributed by atoms with Crippen LogP contribution in [0.3, 0.4) is 0 Å². The van der Waals surface area contributed by atoms with Crippen molar-refractivity contribution in [1.82, 2.24) is 4.90 Å². The Morgan fingerprint density at radius 2 is 1.74 bits per heavy atom. The molecule has 7 heteroatoms. The molecule has 1 saturated heterocycles. The second kappa shape index (κ2) is 6.95. The van der Waals surface area contributed by atoms with Crippen LogP contribution in [-0.4, -0.2) is 28.7 Å². The molecule has 1 aromatic carbocycles. The summed E-state index contributed by atoms with van der Waals surface area (Å²) in [5, 5.41) is 3.50. The maximum Gasteiger partial charge on any atom is 0.247 e. The highest BCUT2D eigenvalue weighted by Crippen LogP contribution is 2.50. The van der Waals surface area contributed by atoms with E-state index in [1.165, 1.54) is 11.0 Å². The molecule has 0 radical (unpaired) electrons. The van der Waals surface area contributed by atoms with Gasteiger partial charge in [-0.15, -0.1) is 0 Å². The first-order valence-corrected chi connectivity index (χ1v) is 9.99. The Kier molecular flexibility index (Phi) is 4.77. The molecular weight excluding hydrogens is 387 g/mol. The number of hydrogen-bond donors (Lipinski definition) is 1. The lowest BCUT2D eigenvalue weighted by Gasteiger charge is -2.38. The lowest BCUT2D eigenvalue weighted by atomic mass is 9.63. The topological polar surface area (TPSA) is 66.5 Å². The number of benzene rings is 1. The van der Waals surface area contributed by atoms with Gasteiger partial charge in [-0.05, 0) is 49.3 Å². The Hall–Kier alpha value is -1.85. The van der Waals surface area contributed by atoms with E-state index in [0.717, 1.165) is 12.8 Å². The zero-order valence-corrected chi connectivity index (χ0v) is 16.3. The van der Waals surface area contributed by atoms with E-state index in [0.29, 0.717) is 22.2 Å². The van der Waals surface area contributed by atoms with Crippen LogP contribution in [0, 0.1) is 23.7 Å². The van der Waals surface area contributed by atoms with Crippen molar-refractivity contribution in [2.45, 2.75) is 32.2 Å². The van der Waals surface area contributed by atoms with E-state index in [1.54, 1.807) is 19.1 Å². The van der Waals surface area contributed by atoms with E-state index in [-0.39, 0.29) is 35.5 Å². The van der Waals surface area contributed by atoms with Gasteiger partial charge in [-0.3, -0.25) is 19.3 Å². The second-order valence-corrected chi connectivity index (χ2v) is 8.27. The number of amides is 3. The van der Waals surface area contributed by atoms with Gasteiger partial charge < -0.3 is 5.32 Å². The minimum atomic E-state index is -0.846. The highest BCUT2D eigenvalue weighted by Gasteiger charge is 2.58. The van der Waals surface area contributed by atoms with E-state index in [1.807, 2.05) is 0 Å². The molecule has 0 spiro atoms. The molecule has 5 atom stereocenters. The average molecular weight is 407 g/mol. The normalized spacial score (nSPS) is 29.8. The van der Waals surface area contributed by atoms with Crippen LogP contribution in [0.25, 0.3) is 0 Å². The number of carbonyl (C=O) groups is 3. The van der Waals surface area contributed by atoms with Crippen molar-refractivity contribution in [3.63, 3.8) is 0 Å². The third-order valence-electron chi connectivity index (χ3n) is 5.98. The Balaban J connectivity index is 1.58. The van der Waals surface area contributed by atoms with Gasteiger partial charge in [0.2, 0.25) is 17.7 Å². The van der Waals surface area contributed by atoms with Crippen LogP contribution >= 0.6 is 23.2 Å². The number of likely N-dealkylation sites (tertiary alicyclic amines) is 1. The van der Waals surface area contributed by atoms with Crippen LogP contribution in [0.2, 0.25) is 10.0 Å². The average Bonchev–Trinajstić information content (AvgIpc) is 2.93. The summed E-state index contributed by atoms with van der Waals surface area (Å²) in [6.45, 7) is 1.79. The molecule has 5 rings (SSSR count). The van der Waals surface area contributed by atoms with Gasteiger partial charge in [0.05, 0.1) is 22.5 Å². The second-order valence-electron chi connectivity index (χ2n) is 7.43. The first-order chi connectivity index (χ1) is 12.9. The zero-order valence-electron chi connectivity index (χ0n) is 14.8. The summed E-state index contributed by atoms with van der Waals surface area (Å²) >= 11 is 12.0. The highest BCUT2D eigenvalue weighted by atomic mass is 35.5. The van der Waals surface area contributed by atoms with Gasteiger partial charge in [0.15, 0.2) is 0 Å². The predicted molar refractivity (Wildman–Crippen MR) is 103 cm³/mol. The number of fused-ring (bicyclic) bond motifs is 1.